The number of nitrogen functional groups attached to an aromatic ring is 1. The summed E-state index contributed by atoms with van der Waals surface area (Å²) in [4.78, 5) is 0. The van der Waals surface area contributed by atoms with Crippen molar-refractivity contribution in [2.24, 2.45) is 0 Å². The summed E-state index contributed by atoms with van der Waals surface area (Å²) >= 11 is 0. The van der Waals surface area contributed by atoms with E-state index in [0.717, 1.165) is 11.1 Å². The number of hydrogen-bond acceptors (Lipinski definition) is 3. The molecular weight excluding hydrogens is 166 g/mol. The van der Waals surface area contributed by atoms with Gasteiger partial charge in [0.2, 0.25) is 0 Å². The Morgan fingerprint density at radius 2 is 1.62 bits per heavy atom. The lowest BCUT2D eigenvalue weighted by molar-refractivity contribution is 0.293. The van der Waals surface area contributed by atoms with Crippen LogP contribution in [0.1, 0.15) is 11.1 Å². The van der Waals surface area contributed by atoms with Gasteiger partial charge in [0.25, 0.3) is 0 Å². The molecule has 3 nitrogen and oxygen atoms in total. The van der Waals surface area contributed by atoms with Crippen LogP contribution in [-0.4, -0.2) is 23.4 Å². The van der Waals surface area contributed by atoms with Gasteiger partial charge in [0, 0.05) is 18.9 Å². The molecule has 0 aliphatic rings. The molecule has 3 heteroatoms. The van der Waals surface area contributed by atoms with E-state index in [2.05, 4.69) is 0 Å². The first kappa shape index (κ1) is 10.0. The SMILES string of the molecule is Nc1ccc(CCO)c(CCO)c1. The molecule has 72 valence electrons. The number of benzene rings is 1. The fourth-order valence-electron chi connectivity index (χ4n) is 1.36. The van der Waals surface area contributed by atoms with E-state index in [-0.39, 0.29) is 13.2 Å². The molecule has 0 aliphatic heterocycles. The molecule has 0 atom stereocenters. The van der Waals surface area contributed by atoms with Crippen LogP contribution in [0.2, 0.25) is 0 Å². The Balaban J connectivity index is 2.89. The molecule has 4 N–H and O–H groups in total. The van der Waals surface area contributed by atoms with E-state index in [1.807, 2.05) is 18.2 Å². The molecule has 0 spiro atoms. The van der Waals surface area contributed by atoms with E-state index in [9.17, 15) is 0 Å². The highest BCUT2D eigenvalue weighted by atomic mass is 16.3. The third-order valence-electron chi connectivity index (χ3n) is 1.99. The first-order valence-electron chi connectivity index (χ1n) is 4.37. The van der Waals surface area contributed by atoms with Crippen LogP contribution in [0.5, 0.6) is 0 Å². The molecule has 1 aromatic carbocycles. The minimum absolute atomic E-state index is 0.113. The highest BCUT2D eigenvalue weighted by molar-refractivity contribution is 5.45. The average molecular weight is 181 g/mol. The summed E-state index contributed by atoms with van der Waals surface area (Å²) in [5.41, 5.74) is 8.39. The van der Waals surface area contributed by atoms with Crippen molar-refractivity contribution in [1.82, 2.24) is 0 Å². The summed E-state index contributed by atoms with van der Waals surface area (Å²) in [5, 5.41) is 17.6. The maximum Gasteiger partial charge on any atom is 0.0471 e. The molecule has 0 bridgehead atoms. The normalized spacial score (nSPS) is 10.3. The van der Waals surface area contributed by atoms with Gasteiger partial charge in [-0.25, -0.2) is 0 Å². The van der Waals surface area contributed by atoms with E-state index in [1.165, 1.54) is 0 Å². The molecule has 0 heterocycles. The van der Waals surface area contributed by atoms with Gasteiger partial charge in [-0.1, -0.05) is 6.07 Å². The van der Waals surface area contributed by atoms with Crippen LogP contribution in [0.25, 0.3) is 0 Å². The number of aliphatic hydroxyl groups excluding tert-OH is 2. The highest BCUT2D eigenvalue weighted by Crippen LogP contribution is 2.14. The second kappa shape index (κ2) is 4.84. The van der Waals surface area contributed by atoms with Crippen LogP contribution in [0, 0.1) is 0 Å². The fraction of sp³-hybridized carbons (Fsp3) is 0.400. The van der Waals surface area contributed by atoms with E-state index in [0.29, 0.717) is 18.5 Å². The number of aliphatic hydroxyl groups is 2. The summed E-state index contributed by atoms with van der Waals surface area (Å²) in [6.07, 6.45) is 1.22. The molecular formula is C10H15NO2. The van der Waals surface area contributed by atoms with E-state index in [1.54, 1.807) is 0 Å². The second-order valence-corrected chi connectivity index (χ2v) is 2.98. The predicted molar refractivity (Wildman–Crippen MR) is 52.4 cm³/mol. The van der Waals surface area contributed by atoms with Crippen molar-refractivity contribution >= 4 is 5.69 Å². The van der Waals surface area contributed by atoms with E-state index >= 15 is 0 Å². The monoisotopic (exact) mass is 181 g/mol. The largest absolute Gasteiger partial charge is 0.399 e. The van der Waals surface area contributed by atoms with Crippen LogP contribution < -0.4 is 5.73 Å². The lowest BCUT2D eigenvalue weighted by atomic mass is 10.0. The van der Waals surface area contributed by atoms with Crippen molar-refractivity contribution in [2.75, 3.05) is 18.9 Å². The summed E-state index contributed by atoms with van der Waals surface area (Å²) in [5.74, 6) is 0. The molecule has 0 fully saturated rings. The summed E-state index contributed by atoms with van der Waals surface area (Å²) in [6, 6.07) is 5.56. The third-order valence-corrected chi connectivity index (χ3v) is 1.99. The average Bonchev–Trinajstić information content (AvgIpc) is 2.10. The van der Waals surface area contributed by atoms with Crippen molar-refractivity contribution in [3.8, 4) is 0 Å². The van der Waals surface area contributed by atoms with Gasteiger partial charge in [0.05, 0.1) is 0 Å². The molecule has 0 aromatic heterocycles. The van der Waals surface area contributed by atoms with Crippen molar-refractivity contribution < 1.29 is 10.2 Å². The van der Waals surface area contributed by atoms with Crippen LogP contribution >= 0.6 is 0 Å². The standard InChI is InChI=1S/C10H15NO2/c11-10-2-1-8(3-5-12)9(7-10)4-6-13/h1-2,7,12-13H,3-6,11H2. The second-order valence-electron chi connectivity index (χ2n) is 2.98. The van der Waals surface area contributed by atoms with Crippen molar-refractivity contribution in [3.05, 3.63) is 29.3 Å². The summed E-state index contributed by atoms with van der Waals surface area (Å²) in [7, 11) is 0. The van der Waals surface area contributed by atoms with Crippen LogP contribution in [0.3, 0.4) is 0 Å². The smallest absolute Gasteiger partial charge is 0.0471 e. The van der Waals surface area contributed by atoms with E-state index < -0.39 is 0 Å². The Morgan fingerprint density at radius 3 is 2.23 bits per heavy atom. The van der Waals surface area contributed by atoms with Crippen molar-refractivity contribution in [2.45, 2.75) is 12.8 Å². The van der Waals surface area contributed by atoms with Gasteiger partial charge in [-0.2, -0.15) is 0 Å². The fourth-order valence-corrected chi connectivity index (χ4v) is 1.36. The van der Waals surface area contributed by atoms with Gasteiger partial charge in [0.15, 0.2) is 0 Å². The Bertz CT molecular complexity index is 274. The zero-order valence-corrected chi connectivity index (χ0v) is 7.53. The highest BCUT2D eigenvalue weighted by Gasteiger charge is 2.01. The van der Waals surface area contributed by atoms with Gasteiger partial charge >= 0.3 is 0 Å². The number of anilines is 1. The van der Waals surface area contributed by atoms with Gasteiger partial charge in [0.1, 0.15) is 0 Å². The zero-order chi connectivity index (χ0) is 9.68. The lowest BCUT2D eigenvalue weighted by Crippen LogP contribution is -2.01. The predicted octanol–water partition coefficient (Wildman–Crippen LogP) is 0.338. The molecule has 0 aliphatic carbocycles. The maximum absolute atomic E-state index is 8.80. The molecule has 0 saturated heterocycles. The minimum atomic E-state index is 0.113. The van der Waals surface area contributed by atoms with Gasteiger partial charge in [-0.3, -0.25) is 0 Å². The first-order valence-corrected chi connectivity index (χ1v) is 4.37. The molecule has 0 radical (unpaired) electrons. The first-order chi connectivity index (χ1) is 6.27. The topological polar surface area (TPSA) is 66.5 Å². The minimum Gasteiger partial charge on any atom is -0.399 e. The molecule has 0 saturated carbocycles. The van der Waals surface area contributed by atoms with E-state index in [4.69, 9.17) is 15.9 Å². The summed E-state index contributed by atoms with van der Waals surface area (Å²) in [6.45, 7) is 0.240. The number of nitrogens with two attached hydrogens (primary N) is 1. The Morgan fingerprint density at radius 1 is 1.00 bits per heavy atom. The van der Waals surface area contributed by atoms with Crippen LogP contribution in [0.15, 0.2) is 18.2 Å². The molecule has 0 amide bonds. The number of hydrogen-bond donors (Lipinski definition) is 3. The van der Waals surface area contributed by atoms with Crippen molar-refractivity contribution in [1.29, 1.82) is 0 Å². The van der Waals surface area contributed by atoms with Crippen LogP contribution in [-0.2, 0) is 12.8 Å². The molecule has 1 rings (SSSR count). The van der Waals surface area contributed by atoms with Gasteiger partial charge in [-0.05, 0) is 36.1 Å². The van der Waals surface area contributed by atoms with Gasteiger partial charge in [-0.15, -0.1) is 0 Å². The maximum atomic E-state index is 8.80. The Kier molecular flexibility index (Phi) is 3.73. The molecule has 0 unspecified atom stereocenters. The van der Waals surface area contributed by atoms with Crippen molar-refractivity contribution in [3.63, 3.8) is 0 Å². The quantitative estimate of drug-likeness (QED) is 0.587. The number of rotatable bonds is 4. The zero-order valence-electron chi connectivity index (χ0n) is 7.53. The Hall–Kier alpha value is -1.06. The Labute approximate surface area is 77.8 Å². The van der Waals surface area contributed by atoms with Gasteiger partial charge < -0.3 is 15.9 Å². The van der Waals surface area contributed by atoms with Crippen LogP contribution in [0.4, 0.5) is 5.69 Å². The lowest BCUT2D eigenvalue weighted by Gasteiger charge is -2.07. The summed E-state index contributed by atoms with van der Waals surface area (Å²) < 4.78 is 0. The molecule has 13 heavy (non-hydrogen) atoms. The third kappa shape index (κ3) is 2.72. The molecule has 1 aromatic rings.